The van der Waals surface area contributed by atoms with Crippen LogP contribution in [0, 0.1) is 5.92 Å². The molecule has 0 radical (unpaired) electrons. The van der Waals surface area contributed by atoms with Crippen molar-refractivity contribution in [3.63, 3.8) is 0 Å². The minimum atomic E-state index is -0.315. The molecule has 3 aromatic carbocycles. The maximum atomic E-state index is 12.9. The van der Waals surface area contributed by atoms with Gasteiger partial charge in [0.2, 0.25) is 5.91 Å². The first-order valence-corrected chi connectivity index (χ1v) is 9.36. The number of rotatable bonds is 5. The highest BCUT2D eigenvalue weighted by Gasteiger charge is 2.60. The fourth-order valence-corrected chi connectivity index (χ4v) is 3.91. The standard InChI is InChI=1S/C24H22N2O2/c1-17(20-14-8-9-15-22(20)27)25-26-23(28)21-16-24(21,18-10-4-2-5-11-18)19-12-6-3-7-13-19/h2-15,21,27H,16H2,1H3,(H,26,28). The SMILES string of the molecule is CC(=NNC(=O)C1CC1(c1ccccc1)c1ccccc1)c1ccccc1O. The van der Waals surface area contributed by atoms with Crippen molar-refractivity contribution in [2.75, 3.05) is 0 Å². The molecule has 1 fully saturated rings. The van der Waals surface area contributed by atoms with Crippen LogP contribution < -0.4 is 5.43 Å². The summed E-state index contributed by atoms with van der Waals surface area (Å²) >= 11 is 0. The summed E-state index contributed by atoms with van der Waals surface area (Å²) in [6.07, 6.45) is 0.748. The van der Waals surface area contributed by atoms with Gasteiger partial charge in [0.05, 0.1) is 11.6 Å². The Kier molecular flexibility index (Phi) is 4.70. The van der Waals surface area contributed by atoms with Crippen LogP contribution >= 0.6 is 0 Å². The van der Waals surface area contributed by atoms with Crippen LogP contribution in [0.3, 0.4) is 0 Å². The third-order valence-electron chi connectivity index (χ3n) is 5.48. The molecule has 1 amide bonds. The largest absolute Gasteiger partial charge is 0.507 e. The van der Waals surface area contributed by atoms with Gasteiger partial charge in [-0.15, -0.1) is 0 Å². The Hall–Kier alpha value is -3.40. The summed E-state index contributed by atoms with van der Waals surface area (Å²) in [6, 6.07) is 27.3. The maximum absolute atomic E-state index is 12.9. The first-order chi connectivity index (χ1) is 13.6. The van der Waals surface area contributed by atoms with Gasteiger partial charge in [0.15, 0.2) is 0 Å². The molecule has 0 heterocycles. The van der Waals surface area contributed by atoms with E-state index in [1.807, 2.05) is 42.5 Å². The molecule has 4 nitrogen and oxygen atoms in total. The van der Waals surface area contributed by atoms with Crippen LogP contribution in [0.25, 0.3) is 0 Å². The number of hydrogen-bond donors (Lipinski definition) is 2. The second kappa shape index (κ2) is 7.31. The molecule has 140 valence electrons. The van der Waals surface area contributed by atoms with Gasteiger partial charge >= 0.3 is 0 Å². The zero-order valence-electron chi connectivity index (χ0n) is 15.7. The summed E-state index contributed by atoms with van der Waals surface area (Å²) in [6.45, 7) is 1.77. The Morgan fingerprint density at radius 2 is 1.46 bits per heavy atom. The Morgan fingerprint density at radius 3 is 2.04 bits per heavy atom. The molecule has 0 saturated heterocycles. The van der Waals surface area contributed by atoms with E-state index in [4.69, 9.17) is 0 Å². The lowest BCUT2D eigenvalue weighted by atomic mass is 9.85. The van der Waals surface area contributed by atoms with E-state index in [0.717, 1.165) is 17.5 Å². The van der Waals surface area contributed by atoms with Crippen molar-refractivity contribution in [2.24, 2.45) is 11.0 Å². The molecule has 0 bridgehead atoms. The molecule has 28 heavy (non-hydrogen) atoms. The molecule has 1 unspecified atom stereocenters. The summed E-state index contributed by atoms with van der Waals surface area (Å²) in [7, 11) is 0. The molecular weight excluding hydrogens is 348 g/mol. The van der Waals surface area contributed by atoms with E-state index in [9.17, 15) is 9.90 Å². The van der Waals surface area contributed by atoms with Gasteiger partial charge in [-0.2, -0.15) is 5.10 Å². The van der Waals surface area contributed by atoms with Crippen molar-refractivity contribution in [2.45, 2.75) is 18.8 Å². The number of nitrogens with one attached hydrogen (secondary N) is 1. The number of nitrogens with zero attached hydrogens (tertiary/aromatic N) is 1. The number of phenolic OH excluding ortho intramolecular Hbond substituents is 1. The normalized spacial score (nSPS) is 17.8. The van der Waals surface area contributed by atoms with Gasteiger partial charge in [-0.1, -0.05) is 72.8 Å². The second-order valence-electron chi connectivity index (χ2n) is 7.15. The van der Waals surface area contributed by atoms with Gasteiger partial charge in [0.25, 0.3) is 0 Å². The fraction of sp³-hybridized carbons (Fsp3) is 0.167. The Bertz CT molecular complexity index is 974. The average molecular weight is 370 g/mol. The number of para-hydroxylation sites is 1. The molecule has 4 rings (SSSR count). The van der Waals surface area contributed by atoms with Crippen LogP contribution in [0.2, 0.25) is 0 Å². The molecule has 1 atom stereocenters. The predicted molar refractivity (Wildman–Crippen MR) is 110 cm³/mol. The topological polar surface area (TPSA) is 61.7 Å². The van der Waals surface area contributed by atoms with Crippen LogP contribution in [0.5, 0.6) is 5.75 Å². The molecule has 2 N–H and O–H groups in total. The lowest BCUT2D eigenvalue weighted by molar-refractivity contribution is -0.122. The summed E-state index contributed by atoms with van der Waals surface area (Å²) in [4.78, 5) is 12.9. The second-order valence-corrected chi connectivity index (χ2v) is 7.15. The molecule has 1 saturated carbocycles. The number of hydrogen-bond acceptors (Lipinski definition) is 3. The minimum Gasteiger partial charge on any atom is -0.507 e. The molecule has 0 aromatic heterocycles. The van der Waals surface area contributed by atoms with E-state index in [0.29, 0.717) is 11.3 Å². The average Bonchev–Trinajstić information content (AvgIpc) is 3.51. The number of carbonyl (C=O) groups is 1. The monoisotopic (exact) mass is 370 g/mol. The fourth-order valence-electron chi connectivity index (χ4n) is 3.91. The van der Waals surface area contributed by atoms with Crippen molar-refractivity contribution in [3.8, 4) is 5.75 Å². The zero-order chi connectivity index (χ0) is 19.6. The Morgan fingerprint density at radius 1 is 0.929 bits per heavy atom. The summed E-state index contributed by atoms with van der Waals surface area (Å²) in [5, 5.41) is 14.2. The number of hydrazone groups is 1. The Balaban J connectivity index is 1.58. The lowest BCUT2D eigenvalue weighted by Crippen LogP contribution is -2.26. The van der Waals surface area contributed by atoms with Crippen LogP contribution in [-0.4, -0.2) is 16.7 Å². The quantitative estimate of drug-likeness (QED) is 0.521. The van der Waals surface area contributed by atoms with Crippen molar-refractivity contribution in [1.29, 1.82) is 0 Å². The summed E-state index contributed by atoms with van der Waals surface area (Å²) < 4.78 is 0. The Labute approximate surface area is 164 Å². The highest BCUT2D eigenvalue weighted by atomic mass is 16.3. The van der Waals surface area contributed by atoms with Crippen molar-refractivity contribution < 1.29 is 9.90 Å². The minimum absolute atomic E-state index is 0.109. The third-order valence-corrected chi connectivity index (χ3v) is 5.48. The molecule has 0 aliphatic heterocycles. The van der Waals surface area contributed by atoms with Crippen molar-refractivity contribution >= 4 is 11.6 Å². The van der Waals surface area contributed by atoms with Crippen LogP contribution in [0.1, 0.15) is 30.0 Å². The molecule has 1 aliphatic rings. The van der Waals surface area contributed by atoms with Crippen molar-refractivity contribution in [3.05, 3.63) is 102 Å². The highest BCUT2D eigenvalue weighted by Crippen LogP contribution is 2.58. The van der Waals surface area contributed by atoms with Crippen LogP contribution in [0.15, 0.2) is 90.0 Å². The number of phenols is 1. The van der Waals surface area contributed by atoms with Gasteiger partial charge in [-0.3, -0.25) is 4.79 Å². The van der Waals surface area contributed by atoms with E-state index in [2.05, 4.69) is 34.8 Å². The van der Waals surface area contributed by atoms with Gasteiger partial charge in [0, 0.05) is 11.0 Å². The highest BCUT2D eigenvalue weighted by molar-refractivity contribution is 6.01. The number of benzene rings is 3. The first-order valence-electron chi connectivity index (χ1n) is 9.36. The van der Waals surface area contributed by atoms with Crippen LogP contribution in [0.4, 0.5) is 0 Å². The smallest absolute Gasteiger partial charge is 0.244 e. The van der Waals surface area contributed by atoms with Crippen molar-refractivity contribution in [1.82, 2.24) is 5.43 Å². The lowest BCUT2D eigenvalue weighted by Gasteiger charge is -2.18. The molecular formula is C24H22N2O2. The van der Waals surface area contributed by atoms with Gasteiger partial charge in [-0.05, 0) is 36.6 Å². The molecule has 1 aliphatic carbocycles. The van der Waals surface area contributed by atoms with E-state index >= 15 is 0 Å². The predicted octanol–water partition coefficient (Wildman–Crippen LogP) is 4.24. The van der Waals surface area contributed by atoms with E-state index in [-0.39, 0.29) is 23.0 Å². The molecule has 3 aromatic rings. The van der Waals surface area contributed by atoms with Gasteiger partial charge < -0.3 is 5.11 Å². The van der Waals surface area contributed by atoms with Gasteiger partial charge in [0.1, 0.15) is 5.75 Å². The molecule has 4 heteroatoms. The van der Waals surface area contributed by atoms with E-state index < -0.39 is 0 Å². The summed E-state index contributed by atoms with van der Waals surface area (Å²) in [5.41, 5.74) is 5.84. The number of carbonyl (C=O) groups excluding carboxylic acids is 1. The number of aromatic hydroxyl groups is 1. The number of amides is 1. The molecule has 0 spiro atoms. The van der Waals surface area contributed by atoms with Crippen LogP contribution in [-0.2, 0) is 10.2 Å². The third kappa shape index (κ3) is 3.18. The maximum Gasteiger partial charge on any atom is 0.244 e. The van der Waals surface area contributed by atoms with Gasteiger partial charge in [-0.25, -0.2) is 5.43 Å². The summed E-state index contributed by atoms with van der Waals surface area (Å²) in [5.74, 6) is -0.145. The van der Waals surface area contributed by atoms with E-state index in [1.54, 1.807) is 25.1 Å². The first kappa shape index (κ1) is 18.0. The van der Waals surface area contributed by atoms with E-state index in [1.165, 1.54) is 0 Å². The zero-order valence-corrected chi connectivity index (χ0v) is 15.7.